The Kier molecular flexibility index (Phi) is 8.08. The van der Waals surface area contributed by atoms with E-state index in [9.17, 15) is 4.79 Å². The summed E-state index contributed by atoms with van der Waals surface area (Å²) in [7, 11) is 1.58. The number of hydrogen-bond donors (Lipinski definition) is 2. The number of carbonyl (C=O) groups is 1. The minimum atomic E-state index is -0.162. The SMILES string of the molecule is COCCOCC(=O)NCc1ccc(C#CCO)cc1. The number of ether oxygens (including phenoxy) is 2. The van der Waals surface area contributed by atoms with Crippen LogP contribution in [0.2, 0.25) is 0 Å². The number of carbonyl (C=O) groups excluding carboxylic acids is 1. The van der Waals surface area contributed by atoms with E-state index >= 15 is 0 Å². The fraction of sp³-hybridized carbons (Fsp3) is 0.400. The van der Waals surface area contributed by atoms with Gasteiger partial charge in [-0.2, -0.15) is 0 Å². The van der Waals surface area contributed by atoms with Crippen LogP contribution in [-0.2, 0) is 20.8 Å². The van der Waals surface area contributed by atoms with Crippen LogP contribution in [0.5, 0.6) is 0 Å². The Morgan fingerprint density at radius 3 is 2.70 bits per heavy atom. The average Bonchev–Trinajstić information content (AvgIpc) is 2.48. The summed E-state index contributed by atoms with van der Waals surface area (Å²) in [5.41, 5.74) is 1.81. The highest BCUT2D eigenvalue weighted by molar-refractivity contribution is 5.77. The maximum Gasteiger partial charge on any atom is 0.246 e. The molecule has 5 nitrogen and oxygen atoms in total. The van der Waals surface area contributed by atoms with Crippen LogP contribution in [0.25, 0.3) is 0 Å². The van der Waals surface area contributed by atoms with Crippen molar-refractivity contribution < 1.29 is 19.4 Å². The largest absolute Gasteiger partial charge is 0.384 e. The molecule has 1 aromatic rings. The molecule has 0 unspecified atom stereocenters. The van der Waals surface area contributed by atoms with Crippen LogP contribution in [0, 0.1) is 11.8 Å². The van der Waals surface area contributed by atoms with Gasteiger partial charge in [0.2, 0.25) is 5.91 Å². The number of hydrogen-bond acceptors (Lipinski definition) is 4. The van der Waals surface area contributed by atoms with Gasteiger partial charge in [0.15, 0.2) is 0 Å². The highest BCUT2D eigenvalue weighted by Gasteiger charge is 2.01. The molecule has 1 rings (SSSR count). The van der Waals surface area contributed by atoms with Crippen LogP contribution in [0.4, 0.5) is 0 Å². The molecule has 5 heteroatoms. The third-order valence-electron chi connectivity index (χ3n) is 2.42. The van der Waals surface area contributed by atoms with Crippen molar-refractivity contribution in [2.45, 2.75) is 6.54 Å². The Balaban J connectivity index is 2.29. The molecule has 0 bridgehead atoms. The predicted octanol–water partition coefficient (Wildman–Crippen LogP) is 0.310. The molecule has 0 aliphatic heterocycles. The van der Waals surface area contributed by atoms with E-state index in [1.165, 1.54) is 0 Å². The quantitative estimate of drug-likeness (QED) is 0.556. The molecular weight excluding hydrogens is 258 g/mol. The topological polar surface area (TPSA) is 67.8 Å². The van der Waals surface area contributed by atoms with E-state index in [4.69, 9.17) is 14.6 Å². The third-order valence-corrected chi connectivity index (χ3v) is 2.42. The van der Waals surface area contributed by atoms with E-state index in [0.29, 0.717) is 19.8 Å². The second-order valence-electron chi connectivity index (χ2n) is 3.98. The first-order valence-corrected chi connectivity index (χ1v) is 6.28. The minimum Gasteiger partial charge on any atom is -0.384 e. The van der Waals surface area contributed by atoms with Crippen molar-refractivity contribution in [1.82, 2.24) is 5.32 Å². The van der Waals surface area contributed by atoms with Gasteiger partial charge in [-0.3, -0.25) is 4.79 Å². The fourth-order valence-corrected chi connectivity index (χ4v) is 1.41. The Morgan fingerprint density at radius 1 is 1.30 bits per heavy atom. The summed E-state index contributed by atoms with van der Waals surface area (Å²) in [6.45, 7) is 1.20. The lowest BCUT2D eigenvalue weighted by Crippen LogP contribution is -2.27. The number of aliphatic hydroxyl groups excluding tert-OH is 1. The highest BCUT2D eigenvalue weighted by Crippen LogP contribution is 2.02. The lowest BCUT2D eigenvalue weighted by atomic mass is 10.1. The van der Waals surface area contributed by atoms with Gasteiger partial charge in [0.05, 0.1) is 13.2 Å². The highest BCUT2D eigenvalue weighted by atomic mass is 16.5. The van der Waals surface area contributed by atoms with Crippen LogP contribution in [0.1, 0.15) is 11.1 Å². The predicted molar refractivity (Wildman–Crippen MR) is 74.9 cm³/mol. The van der Waals surface area contributed by atoms with E-state index in [1.807, 2.05) is 24.3 Å². The molecule has 1 amide bonds. The molecule has 0 aliphatic carbocycles. The van der Waals surface area contributed by atoms with Gasteiger partial charge in [0, 0.05) is 19.2 Å². The zero-order valence-corrected chi connectivity index (χ0v) is 11.5. The second-order valence-corrected chi connectivity index (χ2v) is 3.98. The van der Waals surface area contributed by atoms with E-state index in [-0.39, 0.29) is 19.1 Å². The molecule has 0 atom stereocenters. The summed E-state index contributed by atoms with van der Waals surface area (Å²) in [4.78, 5) is 11.5. The second kappa shape index (κ2) is 9.98. The van der Waals surface area contributed by atoms with E-state index in [0.717, 1.165) is 11.1 Å². The molecule has 0 aromatic heterocycles. The first kappa shape index (κ1) is 16.2. The van der Waals surface area contributed by atoms with Crippen molar-refractivity contribution in [3.63, 3.8) is 0 Å². The first-order chi connectivity index (χ1) is 9.76. The van der Waals surface area contributed by atoms with Gasteiger partial charge in [-0.25, -0.2) is 0 Å². The van der Waals surface area contributed by atoms with Crippen LogP contribution >= 0.6 is 0 Å². The van der Waals surface area contributed by atoms with E-state index < -0.39 is 0 Å². The molecule has 108 valence electrons. The van der Waals surface area contributed by atoms with Gasteiger partial charge in [-0.1, -0.05) is 24.0 Å². The molecule has 0 radical (unpaired) electrons. The molecule has 0 fully saturated rings. The van der Waals surface area contributed by atoms with Crippen LogP contribution in [0.15, 0.2) is 24.3 Å². The molecule has 20 heavy (non-hydrogen) atoms. The summed E-state index contributed by atoms with van der Waals surface area (Å²) >= 11 is 0. The van der Waals surface area contributed by atoms with Crippen LogP contribution < -0.4 is 5.32 Å². The first-order valence-electron chi connectivity index (χ1n) is 6.28. The summed E-state index contributed by atoms with van der Waals surface area (Å²) in [5.74, 6) is 5.22. The van der Waals surface area contributed by atoms with Crippen molar-refractivity contribution >= 4 is 5.91 Å². The molecule has 0 saturated carbocycles. The Labute approximate surface area is 118 Å². The normalized spacial score (nSPS) is 9.70. The average molecular weight is 277 g/mol. The monoisotopic (exact) mass is 277 g/mol. The van der Waals surface area contributed by atoms with E-state index in [2.05, 4.69) is 17.2 Å². The smallest absolute Gasteiger partial charge is 0.246 e. The zero-order chi connectivity index (χ0) is 14.6. The molecule has 1 aromatic carbocycles. The Hall–Kier alpha value is -1.87. The van der Waals surface area contributed by atoms with Crippen molar-refractivity contribution in [1.29, 1.82) is 0 Å². The molecule has 2 N–H and O–H groups in total. The number of aliphatic hydroxyl groups is 1. The Morgan fingerprint density at radius 2 is 2.05 bits per heavy atom. The number of rotatable bonds is 7. The van der Waals surface area contributed by atoms with Crippen molar-refractivity contribution in [3.8, 4) is 11.8 Å². The number of amides is 1. The summed E-state index contributed by atoms with van der Waals surface area (Å²) in [6, 6.07) is 7.46. The zero-order valence-electron chi connectivity index (χ0n) is 11.5. The molecule has 0 spiro atoms. The fourth-order valence-electron chi connectivity index (χ4n) is 1.41. The molecule has 0 saturated heterocycles. The van der Waals surface area contributed by atoms with E-state index in [1.54, 1.807) is 7.11 Å². The summed E-state index contributed by atoms with van der Waals surface area (Å²) in [6.07, 6.45) is 0. The Bertz CT molecular complexity index is 459. The van der Waals surface area contributed by atoms with Crippen molar-refractivity contribution in [3.05, 3.63) is 35.4 Å². The lowest BCUT2D eigenvalue weighted by Gasteiger charge is -2.06. The number of benzene rings is 1. The van der Waals surface area contributed by atoms with Gasteiger partial charge in [0.25, 0.3) is 0 Å². The van der Waals surface area contributed by atoms with Crippen LogP contribution in [0.3, 0.4) is 0 Å². The number of nitrogens with one attached hydrogen (secondary N) is 1. The summed E-state index contributed by atoms with van der Waals surface area (Å²) in [5, 5.41) is 11.3. The van der Waals surface area contributed by atoms with Gasteiger partial charge >= 0.3 is 0 Å². The third kappa shape index (κ3) is 6.90. The van der Waals surface area contributed by atoms with Gasteiger partial charge < -0.3 is 19.9 Å². The maximum atomic E-state index is 11.5. The standard InChI is InChI=1S/C15H19NO4/c1-19-9-10-20-12-15(18)16-11-14-6-4-13(5-7-14)3-2-8-17/h4-7,17H,8-12H2,1H3,(H,16,18). The maximum absolute atomic E-state index is 11.5. The molecular formula is C15H19NO4. The molecule has 0 heterocycles. The lowest BCUT2D eigenvalue weighted by molar-refractivity contribution is -0.126. The van der Waals surface area contributed by atoms with Crippen LogP contribution in [-0.4, -0.2) is 44.6 Å². The number of methoxy groups -OCH3 is 1. The van der Waals surface area contributed by atoms with Gasteiger partial charge in [-0.15, -0.1) is 0 Å². The summed E-state index contributed by atoms with van der Waals surface area (Å²) < 4.78 is 9.92. The van der Waals surface area contributed by atoms with Crippen molar-refractivity contribution in [2.24, 2.45) is 0 Å². The van der Waals surface area contributed by atoms with Gasteiger partial charge in [-0.05, 0) is 17.7 Å². The molecule has 0 aliphatic rings. The van der Waals surface area contributed by atoms with Gasteiger partial charge in [0.1, 0.15) is 13.2 Å². The minimum absolute atomic E-state index is 0.0312. The van der Waals surface area contributed by atoms with Crippen molar-refractivity contribution in [2.75, 3.05) is 33.5 Å².